The van der Waals surface area contributed by atoms with Crippen molar-refractivity contribution in [3.63, 3.8) is 0 Å². The Labute approximate surface area is 160 Å². The highest BCUT2D eigenvalue weighted by atomic mass is 19.1. The number of ether oxygens (including phenoxy) is 2. The quantitative estimate of drug-likeness (QED) is 0.358. The molecule has 2 aromatic carbocycles. The summed E-state index contributed by atoms with van der Waals surface area (Å²) in [5.74, 6) is -0.382. The number of methoxy groups -OCH3 is 1. The number of hydrogen-bond donors (Lipinski definition) is 1. The summed E-state index contributed by atoms with van der Waals surface area (Å²) in [5.41, 5.74) is 1.28. The Morgan fingerprint density at radius 1 is 1.36 bits per heavy atom. The number of halogens is 1. The Kier molecular flexibility index (Phi) is 5.88. The number of nitro benzene ring substituents is 1. The second kappa shape index (κ2) is 8.51. The number of hydrogen-bond acceptors (Lipinski definition) is 6. The van der Waals surface area contributed by atoms with E-state index in [1.807, 2.05) is 0 Å². The first-order valence-corrected chi connectivity index (χ1v) is 8.71. The molecule has 1 atom stereocenters. The standard InChI is InChI=1S/C20H19FN2O5/c1-27-20(24)9-5-13-4-7-17(18(11-13)23(25)26)22-16-3-2-10-28-19-8-6-14(21)12-15(16)19/h4-9,11-12,16,22H,2-3,10H2,1H3. The molecular formula is C20H19FN2O5. The molecule has 0 aliphatic carbocycles. The maximum Gasteiger partial charge on any atom is 0.330 e. The molecule has 0 spiro atoms. The summed E-state index contributed by atoms with van der Waals surface area (Å²) in [7, 11) is 1.25. The van der Waals surface area contributed by atoms with Gasteiger partial charge in [0.2, 0.25) is 0 Å². The van der Waals surface area contributed by atoms with Crippen molar-refractivity contribution in [2.75, 3.05) is 19.0 Å². The fraction of sp³-hybridized carbons (Fsp3) is 0.250. The molecule has 1 heterocycles. The minimum absolute atomic E-state index is 0.143. The van der Waals surface area contributed by atoms with Crippen molar-refractivity contribution >= 4 is 23.4 Å². The van der Waals surface area contributed by atoms with Gasteiger partial charge in [0.05, 0.1) is 24.7 Å². The topological polar surface area (TPSA) is 90.7 Å². The van der Waals surface area contributed by atoms with Crippen LogP contribution in [0.3, 0.4) is 0 Å². The zero-order valence-corrected chi connectivity index (χ0v) is 15.2. The van der Waals surface area contributed by atoms with E-state index in [4.69, 9.17) is 4.74 Å². The highest BCUT2D eigenvalue weighted by Crippen LogP contribution is 2.37. The van der Waals surface area contributed by atoms with Crippen molar-refractivity contribution in [3.8, 4) is 5.75 Å². The number of carbonyl (C=O) groups excluding carboxylic acids is 1. The number of nitrogens with one attached hydrogen (secondary N) is 1. The molecule has 8 heteroatoms. The summed E-state index contributed by atoms with van der Waals surface area (Å²) < 4.78 is 23.9. The van der Waals surface area contributed by atoms with Crippen LogP contribution in [0.1, 0.15) is 30.0 Å². The first-order valence-electron chi connectivity index (χ1n) is 8.71. The number of benzene rings is 2. The van der Waals surface area contributed by atoms with E-state index < -0.39 is 16.7 Å². The highest BCUT2D eigenvalue weighted by Gasteiger charge is 2.23. The molecule has 2 aromatic rings. The number of rotatable bonds is 5. The van der Waals surface area contributed by atoms with Crippen molar-refractivity contribution in [2.45, 2.75) is 18.9 Å². The molecule has 0 amide bonds. The zero-order chi connectivity index (χ0) is 20.1. The van der Waals surface area contributed by atoms with Crippen LogP contribution in [-0.2, 0) is 9.53 Å². The molecule has 7 nitrogen and oxygen atoms in total. The predicted octanol–water partition coefficient (Wildman–Crippen LogP) is 4.25. The van der Waals surface area contributed by atoms with Crippen molar-refractivity contribution in [3.05, 3.63) is 69.5 Å². The van der Waals surface area contributed by atoms with Gasteiger partial charge >= 0.3 is 5.97 Å². The normalized spacial score (nSPS) is 16.0. The number of esters is 1. The molecule has 0 saturated heterocycles. The van der Waals surface area contributed by atoms with Crippen LogP contribution in [0.5, 0.6) is 5.75 Å². The van der Waals surface area contributed by atoms with E-state index in [-0.39, 0.29) is 11.7 Å². The third-order valence-corrected chi connectivity index (χ3v) is 4.40. The van der Waals surface area contributed by atoms with E-state index >= 15 is 0 Å². The number of nitrogens with zero attached hydrogens (tertiary/aromatic N) is 1. The van der Waals surface area contributed by atoms with Gasteiger partial charge < -0.3 is 14.8 Å². The van der Waals surface area contributed by atoms with Crippen molar-refractivity contribution in [2.24, 2.45) is 0 Å². The molecule has 1 N–H and O–H groups in total. The van der Waals surface area contributed by atoms with Crippen molar-refractivity contribution in [1.82, 2.24) is 0 Å². The number of anilines is 1. The maximum atomic E-state index is 13.7. The van der Waals surface area contributed by atoms with Gasteiger partial charge in [-0.05, 0) is 48.7 Å². The van der Waals surface area contributed by atoms with Gasteiger partial charge in [0.15, 0.2) is 0 Å². The fourth-order valence-corrected chi connectivity index (χ4v) is 3.04. The monoisotopic (exact) mass is 386 g/mol. The molecule has 0 saturated carbocycles. The highest BCUT2D eigenvalue weighted by molar-refractivity contribution is 5.87. The lowest BCUT2D eigenvalue weighted by molar-refractivity contribution is -0.384. The van der Waals surface area contributed by atoms with Crippen LogP contribution in [0.25, 0.3) is 6.08 Å². The van der Waals surface area contributed by atoms with Gasteiger partial charge in [-0.15, -0.1) is 0 Å². The lowest BCUT2D eigenvalue weighted by atomic mass is 10.0. The average molecular weight is 386 g/mol. The Bertz CT molecular complexity index is 929. The Hall–Kier alpha value is -3.42. The number of nitro groups is 1. The smallest absolute Gasteiger partial charge is 0.330 e. The Morgan fingerprint density at radius 3 is 2.93 bits per heavy atom. The van der Waals surface area contributed by atoms with Crippen LogP contribution in [0.2, 0.25) is 0 Å². The summed E-state index contributed by atoms with van der Waals surface area (Å²) >= 11 is 0. The second-order valence-electron chi connectivity index (χ2n) is 6.26. The SMILES string of the molecule is COC(=O)C=Cc1ccc(NC2CCCOc3ccc(F)cc32)c([N+](=O)[O-])c1. The van der Waals surface area contributed by atoms with Gasteiger partial charge in [-0.2, -0.15) is 0 Å². The maximum absolute atomic E-state index is 13.7. The largest absolute Gasteiger partial charge is 0.493 e. The molecule has 0 aromatic heterocycles. The van der Waals surface area contributed by atoms with Gasteiger partial charge in [-0.3, -0.25) is 10.1 Å². The van der Waals surface area contributed by atoms with Gasteiger partial charge in [-0.1, -0.05) is 6.07 Å². The van der Waals surface area contributed by atoms with Gasteiger partial charge in [0.25, 0.3) is 5.69 Å². The zero-order valence-electron chi connectivity index (χ0n) is 15.2. The summed E-state index contributed by atoms with van der Waals surface area (Å²) in [6.45, 7) is 0.496. The fourth-order valence-electron chi connectivity index (χ4n) is 3.04. The van der Waals surface area contributed by atoms with Crippen molar-refractivity contribution in [1.29, 1.82) is 0 Å². The van der Waals surface area contributed by atoms with Crippen LogP contribution in [0.4, 0.5) is 15.8 Å². The van der Waals surface area contributed by atoms with E-state index in [2.05, 4.69) is 10.1 Å². The predicted molar refractivity (Wildman–Crippen MR) is 102 cm³/mol. The van der Waals surface area contributed by atoms with Crippen LogP contribution in [0.15, 0.2) is 42.5 Å². The number of fused-ring (bicyclic) bond motifs is 1. The van der Waals surface area contributed by atoms with Crippen LogP contribution >= 0.6 is 0 Å². The Balaban J connectivity index is 1.92. The van der Waals surface area contributed by atoms with E-state index in [0.29, 0.717) is 35.6 Å². The summed E-state index contributed by atoms with van der Waals surface area (Å²) in [6, 6.07) is 8.53. The average Bonchev–Trinajstić information content (AvgIpc) is 2.88. The van der Waals surface area contributed by atoms with E-state index in [0.717, 1.165) is 6.42 Å². The third kappa shape index (κ3) is 4.46. The molecule has 0 bridgehead atoms. The Morgan fingerprint density at radius 2 is 2.18 bits per heavy atom. The summed E-state index contributed by atoms with van der Waals surface area (Å²) in [6.07, 6.45) is 3.99. The molecule has 0 radical (unpaired) electrons. The van der Waals surface area contributed by atoms with Gasteiger partial charge in [-0.25, -0.2) is 9.18 Å². The number of carbonyl (C=O) groups is 1. The molecule has 1 aliphatic heterocycles. The first kappa shape index (κ1) is 19.3. The summed E-state index contributed by atoms with van der Waals surface area (Å²) in [5, 5.41) is 14.7. The molecule has 1 unspecified atom stereocenters. The molecular weight excluding hydrogens is 367 g/mol. The minimum atomic E-state index is -0.554. The van der Waals surface area contributed by atoms with Crippen LogP contribution < -0.4 is 10.1 Å². The van der Waals surface area contributed by atoms with E-state index in [1.165, 1.54) is 37.5 Å². The third-order valence-electron chi connectivity index (χ3n) is 4.40. The molecule has 3 rings (SSSR count). The van der Waals surface area contributed by atoms with Gasteiger partial charge in [0.1, 0.15) is 17.3 Å². The van der Waals surface area contributed by atoms with Crippen molar-refractivity contribution < 1.29 is 23.6 Å². The van der Waals surface area contributed by atoms with E-state index in [1.54, 1.807) is 18.2 Å². The molecule has 1 aliphatic rings. The molecule has 0 fully saturated rings. The first-order chi connectivity index (χ1) is 13.5. The lowest BCUT2D eigenvalue weighted by Gasteiger charge is -2.20. The lowest BCUT2D eigenvalue weighted by Crippen LogP contribution is -2.12. The molecule has 28 heavy (non-hydrogen) atoms. The molecule has 146 valence electrons. The second-order valence-corrected chi connectivity index (χ2v) is 6.26. The van der Waals surface area contributed by atoms with Gasteiger partial charge in [0, 0.05) is 17.7 Å². The van der Waals surface area contributed by atoms with E-state index in [9.17, 15) is 19.3 Å². The summed E-state index contributed by atoms with van der Waals surface area (Å²) in [4.78, 5) is 22.3. The van der Waals surface area contributed by atoms with Crippen LogP contribution in [-0.4, -0.2) is 24.6 Å². The minimum Gasteiger partial charge on any atom is -0.493 e. The van der Waals surface area contributed by atoms with Crippen LogP contribution in [0, 0.1) is 15.9 Å².